The number of aromatic nitrogens is 1. The normalized spacial score (nSPS) is 17.8. The molecule has 8 nitrogen and oxygen atoms in total. The van der Waals surface area contributed by atoms with Crippen molar-refractivity contribution in [2.24, 2.45) is 0 Å². The zero-order chi connectivity index (χ0) is 32.0. The van der Waals surface area contributed by atoms with Crippen LogP contribution in [-0.4, -0.2) is 76.4 Å². The number of carbonyl (C=O) groups excluding carboxylic acids is 2. The zero-order valence-electron chi connectivity index (χ0n) is 26.0. The van der Waals surface area contributed by atoms with E-state index in [4.69, 9.17) is 32.9 Å². The number of halogens is 2. The van der Waals surface area contributed by atoms with Gasteiger partial charge in [0, 0.05) is 55.4 Å². The number of benzene rings is 2. The number of ether oxygens (including phenoxy) is 1. The number of carbonyl (C=O) groups is 2. The molecule has 0 radical (unpaired) electrons. The molecule has 2 amide bonds. The average molecular weight is 691 g/mol. The van der Waals surface area contributed by atoms with E-state index in [1.54, 1.807) is 11.3 Å². The lowest BCUT2D eigenvalue weighted by molar-refractivity contribution is -0.119. The SMILES string of the molecule is CC(C)(C)OC(=O)N1CCCC1CNc1cccc(-c2csc(SCC(=O)NC3CCN(Cc4ccc(Cl)c(Cl)c4)CC3)n2)c1. The molecule has 1 unspecified atom stereocenters. The Labute approximate surface area is 284 Å². The first-order valence-electron chi connectivity index (χ1n) is 15.4. The molecule has 0 saturated carbocycles. The van der Waals surface area contributed by atoms with Crippen LogP contribution in [0.2, 0.25) is 10.0 Å². The Morgan fingerprint density at radius 2 is 1.87 bits per heavy atom. The predicted octanol–water partition coefficient (Wildman–Crippen LogP) is 7.80. The van der Waals surface area contributed by atoms with E-state index in [1.165, 1.54) is 11.8 Å². The third-order valence-corrected chi connectivity index (χ3v) is 10.6. The van der Waals surface area contributed by atoms with E-state index in [0.29, 0.717) is 22.3 Å². The van der Waals surface area contributed by atoms with Gasteiger partial charge in [-0.05, 0) is 76.3 Å². The van der Waals surface area contributed by atoms with Crippen LogP contribution in [0.15, 0.2) is 52.2 Å². The molecule has 45 heavy (non-hydrogen) atoms. The summed E-state index contributed by atoms with van der Waals surface area (Å²) in [6.07, 6.45) is 3.52. The lowest BCUT2D eigenvalue weighted by atomic mass is 10.0. The highest BCUT2D eigenvalue weighted by Crippen LogP contribution is 2.30. The van der Waals surface area contributed by atoms with E-state index in [-0.39, 0.29) is 24.1 Å². The van der Waals surface area contributed by atoms with Crippen LogP contribution in [0, 0.1) is 0 Å². The Kier molecular flexibility index (Phi) is 11.6. The molecule has 3 heterocycles. The van der Waals surface area contributed by atoms with Crippen molar-refractivity contribution in [3.05, 3.63) is 63.5 Å². The van der Waals surface area contributed by atoms with Gasteiger partial charge in [-0.25, -0.2) is 9.78 Å². The largest absolute Gasteiger partial charge is 0.444 e. The number of hydrogen-bond donors (Lipinski definition) is 2. The minimum Gasteiger partial charge on any atom is -0.444 e. The summed E-state index contributed by atoms with van der Waals surface area (Å²) >= 11 is 15.2. The van der Waals surface area contributed by atoms with Gasteiger partial charge in [0.1, 0.15) is 5.60 Å². The number of hydrogen-bond acceptors (Lipinski definition) is 8. The third-order valence-electron chi connectivity index (χ3n) is 7.86. The molecule has 2 aromatic carbocycles. The fourth-order valence-electron chi connectivity index (χ4n) is 5.62. The van der Waals surface area contributed by atoms with Crippen LogP contribution in [-0.2, 0) is 16.1 Å². The molecule has 12 heteroatoms. The molecule has 0 spiro atoms. The van der Waals surface area contributed by atoms with Crippen molar-refractivity contribution < 1.29 is 14.3 Å². The number of piperidine rings is 1. The van der Waals surface area contributed by atoms with Gasteiger partial charge in [-0.15, -0.1) is 11.3 Å². The van der Waals surface area contributed by atoms with Crippen molar-refractivity contribution in [3.8, 4) is 11.3 Å². The molecule has 0 bridgehead atoms. The summed E-state index contributed by atoms with van der Waals surface area (Å²) in [5.41, 5.74) is 3.51. The maximum absolute atomic E-state index is 12.7. The van der Waals surface area contributed by atoms with Gasteiger partial charge in [0.15, 0.2) is 4.34 Å². The zero-order valence-corrected chi connectivity index (χ0v) is 29.1. The van der Waals surface area contributed by atoms with E-state index in [0.717, 1.165) is 78.7 Å². The lowest BCUT2D eigenvalue weighted by Gasteiger charge is -2.32. The third kappa shape index (κ3) is 9.99. The van der Waals surface area contributed by atoms with Gasteiger partial charge in [0.25, 0.3) is 0 Å². The first kappa shape index (κ1) is 33.9. The molecular weight excluding hydrogens is 649 g/mol. The molecule has 242 valence electrons. The van der Waals surface area contributed by atoms with Crippen molar-refractivity contribution in [1.82, 2.24) is 20.1 Å². The molecule has 3 aromatic rings. The Morgan fingerprint density at radius 1 is 1.07 bits per heavy atom. The fraction of sp³-hybridized carbons (Fsp3) is 0.485. The molecule has 2 fully saturated rings. The Morgan fingerprint density at radius 3 is 2.62 bits per heavy atom. The number of nitrogens with one attached hydrogen (secondary N) is 2. The van der Waals surface area contributed by atoms with Crippen LogP contribution in [0.3, 0.4) is 0 Å². The molecular formula is C33H41Cl2N5O3S2. The Hall–Kier alpha value is -2.50. The number of thiazole rings is 1. The number of anilines is 1. The van der Waals surface area contributed by atoms with Crippen molar-refractivity contribution >= 4 is 64.0 Å². The molecule has 2 aliphatic heterocycles. The quantitative estimate of drug-likeness (QED) is 0.210. The molecule has 1 aromatic heterocycles. The lowest BCUT2D eigenvalue weighted by Crippen LogP contribution is -2.44. The molecule has 2 N–H and O–H groups in total. The molecule has 1 atom stereocenters. The maximum Gasteiger partial charge on any atom is 0.410 e. The summed E-state index contributed by atoms with van der Waals surface area (Å²) in [7, 11) is 0. The van der Waals surface area contributed by atoms with Crippen LogP contribution < -0.4 is 10.6 Å². The summed E-state index contributed by atoms with van der Waals surface area (Å²) in [6, 6.07) is 14.2. The van der Waals surface area contributed by atoms with Crippen LogP contribution >= 0.6 is 46.3 Å². The van der Waals surface area contributed by atoms with Crippen molar-refractivity contribution in [3.63, 3.8) is 0 Å². The van der Waals surface area contributed by atoms with Gasteiger partial charge in [-0.2, -0.15) is 0 Å². The Balaban J connectivity index is 1.05. The van der Waals surface area contributed by atoms with Crippen molar-refractivity contribution in [2.45, 2.75) is 75.0 Å². The fourth-order valence-corrected chi connectivity index (χ4v) is 7.58. The topological polar surface area (TPSA) is 86.8 Å². The standard InChI is InChI=1S/C33H41Cl2N5O3S2/c1-33(2,3)43-32(42)40-13-5-8-26(40)18-36-25-7-4-6-23(17-25)29-20-44-31(38-29)45-21-30(41)37-24-11-14-39(15-12-24)19-22-9-10-27(34)28(35)16-22/h4,6-7,9-10,16-17,20,24,26,36H,5,8,11-15,18-19,21H2,1-3H3,(H,37,41). The summed E-state index contributed by atoms with van der Waals surface area (Å²) in [6.45, 7) is 9.73. The number of amides is 2. The van der Waals surface area contributed by atoms with Crippen LogP contribution in [0.5, 0.6) is 0 Å². The second kappa shape index (κ2) is 15.4. The second-order valence-corrected chi connectivity index (χ2v) is 15.5. The van der Waals surface area contributed by atoms with E-state index in [1.807, 2.05) is 67.4 Å². The molecule has 5 rings (SSSR count). The first-order chi connectivity index (χ1) is 21.5. The minimum atomic E-state index is -0.506. The van der Waals surface area contributed by atoms with Gasteiger partial charge in [-0.1, -0.05) is 53.2 Å². The average Bonchev–Trinajstić information content (AvgIpc) is 3.67. The summed E-state index contributed by atoms with van der Waals surface area (Å²) in [5, 5.41) is 9.89. The van der Waals surface area contributed by atoms with Gasteiger partial charge in [0.05, 0.1) is 27.5 Å². The monoisotopic (exact) mass is 689 g/mol. The summed E-state index contributed by atoms with van der Waals surface area (Å²) in [4.78, 5) is 34.4. The van der Waals surface area contributed by atoms with Crippen molar-refractivity contribution in [1.29, 1.82) is 0 Å². The van der Waals surface area contributed by atoms with E-state index >= 15 is 0 Å². The van der Waals surface area contributed by atoms with Gasteiger partial charge < -0.3 is 20.3 Å². The van der Waals surface area contributed by atoms with Gasteiger partial charge >= 0.3 is 6.09 Å². The highest BCUT2D eigenvalue weighted by atomic mass is 35.5. The highest BCUT2D eigenvalue weighted by molar-refractivity contribution is 8.01. The van der Waals surface area contributed by atoms with E-state index in [9.17, 15) is 9.59 Å². The van der Waals surface area contributed by atoms with Crippen LogP contribution in [0.4, 0.5) is 10.5 Å². The number of rotatable bonds is 10. The van der Waals surface area contributed by atoms with E-state index < -0.39 is 5.60 Å². The minimum absolute atomic E-state index is 0.0400. The van der Waals surface area contributed by atoms with Crippen LogP contribution in [0.25, 0.3) is 11.3 Å². The summed E-state index contributed by atoms with van der Waals surface area (Å²) < 4.78 is 6.47. The summed E-state index contributed by atoms with van der Waals surface area (Å²) in [5.74, 6) is 0.381. The number of likely N-dealkylation sites (tertiary alicyclic amines) is 2. The predicted molar refractivity (Wildman–Crippen MR) is 186 cm³/mol. The second-order valence-electron chi connectivity index (χ2n) is 12.6. The van der Waals surface area contributed by atoms with Gasteiger partial charge in [0.2, 0.25) is 5.91 Å². The number of thioether (sulfide) groups is 1. The highest BCUT2D eigenvalue weighted by Gasteiger charge is 2.32. The molecule has 0 aliphatic carbocycles. The van der Waals surface area contributed by atoms with Crippen LogP contribution in [0.1, 0.15) is 52.0 Å². The number of nitrogens with zero attached hydrogens (tertiary/aromatic N) is 3. The van der Waals surface area contributed by atoms with Crippen molar-refractivity contribution in [2.75, 3.05) is 37.2 Å². The molecule has 2 saturated heterocycles. The maximum atomic E-state index is 12.7. The Bertz CT molecular complexity index is 1470. The van der Waals surface area contributed by atoms with E-state index in [2.05, 4.69) is 21.6 Å². The molecule has 2 aliphatic rings. The first-order valence-corrected chi connectivity index (χ1v) is 18.0. The smallest absolute Gasteiger partial charge is 0.410 e. The van der Waals surface area contributed by atoms with Gasteiger partial charge in [-0.3, -0.25) is 9.69 Å².